The molecule has 0 radical (unpaired) electrons. The van der Waals surface area contributed by atoms with Crippen LogP contribution in [0.1, 0.15) is 0 Å². The highest BCUT2D eigenvalue weighted by Gasteiger charge is 1.95. The summed E-state index contributed by atoms with van der Waals surface area (Å²) < 4.78 is 0.661. The summed E-state index contributed by atoms with van der Waals surface area (Å²) in [6.45, 7) is 0. The third kappa shape index (κ3) is 2.16. The first kappa shape index (κ1) is 8.98. The molecule has 1 aromatic heterocycles. The minimum Gasteiger partial charge on any atom is -0.478 e. The molecule has 1 aromatic rings. The second-order valence-electron chi connectivity index (χ2n) is 2.15. The summed E-state index contributed by atoms with van der Waals surface area (Å²) in [4.78, 5) is 34.2. The van der Waals surface area contributed by atoms with Gasteiger partial charge in [0.25, 0.3) is 5.56 Å². The Balaban J connectivity index is 3.23. The lowest BCUT2D eigenvalue weighted by Crippen LogP contribution is -2.30. The van der Waals surface area contributed by atoms with E-state index < -0.39 is 17.2 Å². The van der Waals surface area contributed by atoms with E-state index in [1.807, 2.05) is 0 Å². The molecule has 1 rings (SSSR count). The van der Waals surface area contributed by atoms with Gasteiger partial charge >= 0.3 is 11.7 Å². The Labute approximate surface area is 71.8 Å². The van der Waals surface area contributed by atoms with Crippen molar-refractivity contribution in [3.8, 4) is 0 Å². The van der Waals surface area contributed by atoms with Gasteiger partial charge in [-0.25, -0.2) is 14.2 Å². The summed E-state index contributed by atoms with van der Waals surface area (Å²) in [6.07, 6.45) is 2.79. The minimum absolute atomic E-state index is 0.582. The molecule has 0 saturated heterocycles. The van der Waals surface area contributed by atoms with Gasteiger partial charge in [-0.1, -0.05) is 0 Å². The molecule has 0 bridgehead atoms. The molecule has 2 N–H and O–H groups in total. The largest absolute Gasteiger partial charge is 0.478 e. The zero-order chi connectivity index (χ0) is 9.84. The predicted molar refractivity (Wildman–Crippen MR) is 44.3 cm³/mol. The first-order chi connectivity index (χ1) is 6.11. The Morgan fingerprint density at radius 1 is 1.54 bits per heavy atom. The fraction of sp³-hybridized carbons (Fsp3) is 0. The van der Waals surface area contributed by atoms with Crippen LogP contribution in [-0.4, -0.2) is 20.6 Å². The summed E-state index contributed by atoms with van der Waals surface area (Å²) in [5.74, 6) is -1.23. The summed E-state index contributed by atoms with van der Waals surface area (Å²) in [7, 11) is 0. The standard InChI is InChI=1S/C7H6N2O4/c10-5-1-3-8-7(13)9(5)4-2-6(11)12/h1-4H,(H,8,13)(H,11,12)/b4-2+. The van der Waals surface area contributed by atoms with Gasteiger partial charge in [-0.3, -0.25) is 4.79 Å². The molecule has 0 spiro atoms. The number of carbonyl (C=O) groups is 1. The lowest BCUT2D eigenvalue weighted by Gasteiger charge is -1.92. The Bertz CT molecular complexity index is 426. The zero-order valence-electron chi connectivity index (χ0n) is 6.43. The highest BCUT2D eigenvalue weighted by Crippen LogP contribution is 1.75. The molecule has 0 atom stereocenters. The van der Waals surface area contributed by atoms with Crippen LogP contribution in [-0.2, 0) is 4.79 Å². The molecular weight excluding hydrogens is 176 g/mol. The van der Waals surface area contributed by atoms with Crippen LogP contribution in [0.3, 0.4) is 0 Å². The molecule has 1 heterocycles. The Kier molecular flexibility index (Phi) is 2.44. The number of nitrogens with zero attached hydrogens (tertiary/aromatic N) is 1. The molecular formula is C7H6N2O4. The Morgan fingerprint density at radius 2 is 2.23 bits per heavy atom. The molecule has 0 aliphatic heterocycles. The van der Waals surface area contributed by atoms with E-state index in [0.717, 1.165) is 12.3 Å². The molecule has 0 saturated carbocycles. The number of hydrogen-bond acceptors (Lipinski definition) is 3. The number of hydrogen-bond donors (Lipinski definition) is 2. The quantitative estimate of drug-likeness (QED) is 0.579. The van der Waals surface area contributed by atoms with E-state index >= 15 is 0 Å². The van der Waals surface area contributed by atoms with E-state index in [1.54, 1.807) is 0 Å². The van der Waals surface area contributed by atoms with E-state index in [2.05, 4.69) is 4.98 Å². The van der Waals surface area contributed by atoms with Crippen molar-refractivity contribution < 1.29 is 9.90 Å². The van der Waals surface area contributed by atoms with E-state index in [0.29, 0.717) is 10.6 Å². The van der Waals surface area contributed by atoms with Crippen molar-refractivity contribution >= 4 is 12.2 Å². The molecule has 0 amide bonds. The molecule has 0 aliphatic carbocycles. The van der Waals surface area contributed by atoms with E-state index in [1.165, 1.54) is 6.20 Å². The predicted octanol–water partition coefficient (Wildman–Crippen LogP) is -0.908. The summed E-state index contributed by atoms with van der Waals surface area (Å²) in [6, 6.07) is 1.12. The van der Waals surface area contributed by atoms with Crippen molar-refractivity contribution in [2.24, 2.45) is 0 Å². The highest BCUT2D eigenvalue weighted by atomic mass is 16.4. The topological polar surface area (TPSA) is 92.2 Å². The molecule has 0 unspecified atom stereocenters. The highest BCUT2D eigenvalue weighted by molar-refractivity contribution is 5.82. The van der Waals surface area contributed by atoms with Crippen LogP contribution in [0.25, 0.3) is 6.20 Å². The zero-order valence-corrected chi connectivity index (χ0v) is 6.43. The second-order valence-corrected chi connectivity index (χ2v) is 2.15. The maximum absolute atomic E-state index is 11.0. The minimum atomic E-state index is -1.23. The van der Waals surface area contributed by atoms with Gasteiger partial charge in [0.05, 0.1) is 0 Å². The molecule has 0 aliphatic rings. The van der Waals surface area contributed by atoms with Crippen LogP contribution in [0.15, 0.2) is 27.9 Å². The van der Waals surface area contributed by atoms with Crippen LogP contribution in [0.2, 0.25) is 0 Å². The van der Waals surface area contributed by atoms with Gasteiger partial charge in [0, 0.05) is 24.5 Å². The van der Waals surface area contributed by atoms with Gasteiger partial charge in [0.2, 0.25) is 0 Å². The normalized spacial score (nSPS) is 10.5. The number of rotatable bonds is 2. The van der Waals surface area contributed by atoms with Gasteiger partial charge in [-0.2, -0.15) is 0 Å². The summed E-state index contributed by atoms with van der Waals surface area (Å²) >= 11 is 0. The van der Waals surface area contributed by atoms with Gasteiger partial charge in [-0.05, 0) is 0 Å². The SMILES string of the molecule is O=C(O)/C=C/n1c(=O)cc[nH]c1=O. The third-order valence-corrected chi connectivity index (χ3v) is 1.26. The van der Waals surface area contributed by atoms with Crippen molar-refractivity contribution in [1.29, 1.82) is 0 Å². The number of nitrogens with one attached hydrogen (secondary N) is 1. The summed E-state index contributed by atoms with van der Waals surface area (Å²) in [5.41, 5.74) is -1.26. The summed E-state index contributed by atoms with van der Waals surface area (Å²) in [5, 5.41) is 8.24. The van der Waals surface area contributed by atoms with Crippen LogP contribution in [0.4, 0.5) is 0 Å². The number of carboxylic acid groups (broad SMARTS) is 1. The van der Waals surface area contributed by atoms with Crippen molar-refractivity contribution in [1.82, 2.24) is 9.55 Å². The van der Waals surface area contributed by atoms with E-state index in [9.17, 15) is 14.4 Å². The lowest BCUT2D eigenvalue weighted by molar-refractivity contribution is -0.131. The fourth-order valence-electron chi connectivity index (χ4n) is 0.714. The Morgan fingerprint density at radius 3 is 2.77 bits per heavy atom. The van der Waals surface area contributed by atoms with Crippen molar-refractivity contribution in [2.45, 2.75) is 0 Å². The van der Waals surface area contributed by atoms with Gasteiger partial charge in [0.1, 0.15) is 0 Å². The molecule has 68 valence electrons. The smallest absolute Gasteiger partial charge is 0.332 e. The van der Waals surface area contributed by atoms with E-state index in [-0.39, 0.29) is 0 Å². The Hall–Kier alpha value is -2.11. The number of carboxylic acids is 1. The van der Waals surface area contributed by atoms with E-state index in [4.69, 9.17) is 5.11 Å². The molecule has 6 nitrogen and oxygen atoms in total. The maximum Gasteiger partial charge on any atom is 0.332 e. The average Bonchev–Trinajstić information content (AvgIpc) is 2.03. The van der Waals surface area contributed by atoms with Crippen LogP contribution >= 0.6 is 0 Å². The average molecular weight is 182 g/mol. The van der Waals surface area contributed by atoms with Crippen LogP contribution in [0.5, 0.6) is 0 Å². The van der Waals surface area contributed by atoms with Gasteiger partial charge in [-0.15, -0.1) is 0 Å². The van der Waals surface area contributed by atoms with Crippen molar-refractivity contribution in [3.63, 3.8) is 0 Å². The maximum atomic E-state index is 11.0. The first-order valence-electron chi connectivity index (χ1n) is 3.32. The number of aromatic nitrogens is 2. The fourth-order valence-corrected chi connectivity index (χ4v) is 0.714. The molecule has 0 fully saturated rings. The molecule has 13 heavy (non-hydrogen) atoms. The number of H-pyrrole nitrogens is 1. The number of aliphatic carboxylic acids is 1. The van der Waals surface area contributed by atoms with Crippen LogP contribution < -0.4 is 11.2 Å². The van der Waals surface area contributed by atoms with Crippen molar-refractivity contribution in [2.75, 3.05) is 0 Å². The lowest BCUT2D eigenvalue weighted by atomic mass is 10.6. The molecule has 6 heteroatoms. The molecule has 0 aromatic carbocycles. The number of aromatic amines is 1. The van der Waals surface area contributed by atoms with Gasteiger partial charge in [0.15, 0.2) is 0 Å². The monoisotopic (exact) mass is 182 g/mol. The van der Waals surface area contributed by atoms with Crippen LogP contribution in [0, 0.1) is 0 Å². The second kappa shape index (κ2) is 3.53. The van der Waals surface area contributed by atoms with Crippen molar-refractivity contribution in [3.05, 3.63) is 39.2 Å². The first-order valence-corrected chi connectivity index (χ1v) is 3.32. The third-order valence-electron chi connectivity index (χ3n) is 1.26. The van der Waals surface area contributed by atoms with Gasteiger partial charge < -0.3 is 10.1 Å².